The van der Waals surface area contributed by atoms with Crippen LogP contribution in [0.1, 0.15) is 42.0 Å². The second-order valence-corrected chi connectivity index (χ2v) is 6.17. The third-order valence-electron chi connectivity index (χ3n) is 4.95. The summed E-state index contributed by atoms with van der Waals surface area (Å²) in [5, 5.41) is 3.30. The van der Waals surface area contributed by atoms with Crippen LogP contribution in [0.2, 0.25) is 0 Å². The molecular weight excluding hydrogens is 248 g/mol. The molecule has 3 heteroatoms. The van der Waals surface area contributed by atoms with Crippen LogP contribution in [0.3, 0.4) is 0 Å². The lowest BCUT2D eigenvalue weighted by Crippen LogP contribution is -2.36. The molecule has 1 aromatic rings. The maximum absolute atomic E-state index is 12.7. The van der Waals surface area contributed by atoms with Crippen molar-refractivity contribution < 1.29 is 4.79 Å². The predicted molar refractivity (Wildman–Crippen MR) is 80.6 cm³/mol. The maximum atomic E-state index is 12.7. The highest BCUT2D eigenvalue weighted by Crippen LogP contribution is 2.35. The van der Waals surface area contributed by atoms with Gasteiger partial charge in [0.05, 0.1) is 12.0 Å². The van der Waals surface area contributed by atoms with Crippen LogP contribution < -0.4 is 5.32 Å². The number of carbonyl (C=O) groups is 1. The second kappa shape index (κ2) is 5.57. The minimum atomic E-state index is 0.195. The first-order valence-electron chi connectivity index (χ1n) is 7.76. The highest BCUT2D eigenvalue weighted by atomic mass is 16.2. The Morgan fingerprint density at radius 1 is 1.30 bits per heavy atom. The van der Waals surface area contributed by atoms with E-state index in [1.165, 1.54) is 16.7 Å². The number of nitrogens with zero attached hydrogens (tertiary/aromatic N) is 1. The Kier molecular flexibility index (Phi) is 3.79. The lowest BCUT2D eigenvalue weighted by molar-refractivity contribution is -0.135. The molecule has 2 unspecified atom stereocenters. The summed E-state index contributed by atoms with van der Waals surface area (Å²) in [6, 6.07) is 6.77. The summed E-state index contributed by atoms with van der Waals surface area (Å²) < 4.78 is 0. The quantitative estimate of drug-likeness (QED) is 0.897. The van der Waals surface area contributed by atoms with E-state index >= 15 is 0 Å². The van der Waals surface area contributed by atoms with Crippen molar-refractivity contribution in [2.24, 2.45) is 5.92 Å². The summed E-state index contributed by atoms with van der Waals surface area (Å²) in [6.45, 7) is 7.10. The molecule has 2 aliphatic rings. The second-order valence-electron chi connectivity index (χ2n) is 6.17. The molecule has 20 heavy (non-hydrogen) atoms. The van der Waals surface area contributed by atoms with Crippen LogP contribution in [0.4, 0.5) is 0 Å². The van der Waals surface area contributed by atoms with Crippen molar-refractivity contribution in [1.82, 2.24) is 10.2 Å². The van der Waals surface area contributed by atoms with Crippen LogP contribution in [0.25, 0.3) is 0 Å². The van der Waals surface area contributed by atoms with E-state index < -0.39 is 0 Å². The Hall–Kier alpha value is -1.35. The zero-order valence-electron chi connectivity index (χ0n) is 12.5. The number of amides is 1. The fourth-order valence-electron chi connectivity index (χ4n) is 3.59. The average Bonchev–Trinajstić information content (AvgIpc) is 3.11. The molecule has 1 N–H and O–H groups in total. The Bertz CT molecular complexity index is 506. The Morgan fingerprint density at radius 2 is 2.15 bits per heavy atom. The molecule has 0 bridgehead atoms. The van der Waals surface area contributed by atoms with Crippen molar-refractivity contribution in [3.8, 4) is 0 Å². The third-order valence-corrected chi connectivity index (χ3v) is 4.95. The van der Waals surface area contributed by atoms with Crippen molar-refractivity contribution in [3.05, 3.63) is 34.9 Å². The molecule has 3 nitrogen and oxygen atoms in total. The number of likely N-dealkylation sites (tertiary alicyclic amines) is 1. The molecule has 0 aromatic heterocycles. The van der Waals surface area contributed by atoms with Gasteiger partial charge in [-0.1, -0.05) is 18.2 Å². The first-order chi connectivity index (χ1) is 9.68. The molecule has 0 aliphatic carbocycles. The highest BCUT2D eigenvalue weighted by molar-refractivity contribution is 5.80. The van der Waals surface area contributed by atoms with E-state index in [0.717, 1.165) is 38.9 Å². The molecule has 0 saturated carbocycles. The van der Waals surface area contributed by atoms with E-state index in [0.29, 0.717) is 11.9 Å². The lowest BCUT2D eigenvalue weighted by atomic mass is 9.95. The van der Waals surface area contributed by atoms with Crippen LogP contribution in [-0.4, -0.2) is 30.4 Å². The third kappa shape index (κ3) is 2.35. The van der Waals surface area contributed by atoms with Crippen LogP contribution >= 0.6 is 0 Å². The molecule has 1 aromatic carbocycles. The molecule has 108 valence electrons. The van der Waals surface area contributed by atoms with Gasteiger partial charge < -0.3 is 10.2 Å². The van der Waals surface area contributed by atoms with E-state index in [9.17, 15) is 4.79 Å². The average molecular weight is 272 g/mol. The van der Waals surface area contributed by atoms with E-state index in [-0.39, 0.29) is 5.92 Å². The minimum absolute atomic E-state index is 0.195. The van der Waals surface area contributed by atoms with Gasteiger partial charge in [-0.05, 0) is 56.3 Å². The molecular formula is C17H24N2O. The predicted octanol–water partition coefficient (Wildman–Crippen LogP) is 2.58. The van der Waals surface area contributed by atoms with E-state index in [1.807, 2.05) is 0 Å². The van der Waals surface area contributed by atoms with E-state index in [1.54, 1.807) is 0 Å². The molecule has 0 spiro atoms. The molecule has 0 radical (unpaired) electrons. The lowest BCUT2D eigenvalue weighted by Gasteiger charge is -2.29. The van der Waals surface area contributed by atoms with Crippen molar-refractivity contribution in [2.45, 2.75) is 39.2 Å². The van der Waals surface area contributed by atoms with Crippen molar-refractivity contribution >= 4 is 5.91 Å². The smallest absolute Gasteiger partial charge is 0.227 e. The van der Waals surface area contributed by atoms with Gasteiger partial charge in [-0.2, -0.15) is 0 Å². The van der Waals surface area contributed by atoms with Crippen LogP contribution in [-0.2, 0) is 4.79 Å². The summed E-state index contributed by atoms with van der Waals surface area (Å²) in [5.41, 5.74) is 4.02. The summed E-state index contributed by atoms with van der Waals surface area (Å²) >= 11 is 0. The van der Waals surface area contributed by atoms with Gasteiger partial charge in [0.25, 0.3) is 0 Å². The maximum Gasteiger partial charge on any atom is 0.227 e. The summed E-state index contributed by atoms with van der Waals surface area (Å²) in [4.78, 5) is 14.9. The van der Waals surface area contributed by atoms with Crippen molar-refractivity contribution in [2.75, 3.05) is 19.6 Å². The molecule has 2 atom stereocenters. The molecule has 2 heterocycles. The van der Waals surface area contributed by atoms with Crippen molar-refractivity contribution in [1.29, 1.82) is 0 Å². The van der Waals surface area contributed by atoms with Gasteiger partial charge in [-0.15, -0.1) is 0 Å². The number of rotatable bonds is 2. The van der Waals surface area contributed by atoms with E-state index in [4.69, 9.17) is 0 Å². The summed E-state index contributed by atoms with van der Waals surface area (Å²) in [6.07, 6.45) is 3.23. The standard InChI is InChI=1S/C17H24N2O/c1-12-5-3-6-15(13(12)2)16-7-4-10-19(16)17(20)14-8-9-18-11-14/h3,5-6,14,16,18H,4,7-11H2,1-2H3. The molecule has 1 amide bonds. The Balaban J connectivity index is 1.85. The SMILES string of the molecule is Cc1cccc(C2CCCN2C(=O)C2CCNC2)c1C. The molecule has 3 rings (SSSR count). The highest BCUT2D eigenvalue weighted by Gasteiger charge is 2.35. The zero-order valence-corrected chi connectivity index (χ0v) is 12.5. The number of hydrogen-bond donors (Lipinski definition) is 1. The number of carbonyl (C=O) groups excluding carboxylic acids is 1. The van der Waals surface area contributed by atoms with Gasteiger partial charge in [-0.3, -0.25) is 4.79 Å². The zero-order chi connectivity index (χ0) is 14.1. The van der Waals surface area contributed by atoms with Gasteiger partial charge >= 0.3 is 0 Å². The first kappa shape index (κ1) is 13.6. The van der Waals surface area contributed by atoms with Gasteiger partial charge in [0, 0.05) is 13.1 Å². The molecule has 2 aliphatic heterocycles. The number of aryl methyl sites for hydroxylation is 1. The topological polar surface area (TPSA) is 32.3 Å². The van der Waals surface area contributed by atoms with Gasteiger partial charge in [0.1, 0.15) is 0 Å². The Morgan fingerprint density at radius 3 is 2.90 bits per heavy atom. The number of benzene rings is 1. The molecule has 2 fully saturated rings. The minimum Gasteiger partial charge on any atom is -0.335 e. The molecule has 2 saturated heterocycles. The fraction of sp³-hybridized carbons (Fsp3) is 0.588. The van der Waals surface area contributed by atoms with Crippen molar-refractivity contribution in [3.63, 3.8) is 0 Å². The number of nitrogens with one attached hydrogen (secondary N) is 1. The van der Waals surface area contributed by atoms with Crippen LogP contribution in [0.5, 0.6) is 0 Å². The van der Waals surface area contributed by atoms with Gasteiger partial charge in [0.2, 0.25) is 5.91 Å². The summed E-state index contributed by atoms with van der Waals surface area (Å²) in [7, 11) is 0. The van der Waals surface area contributed by atoms with Crippen LogP contribution in [0, 0.1) is 19.8 Å². The van der Waals surface area contributed by atoms with Crippen LogP contribution in [0.15, 0.2) is 18.2 Å². The summed E-state index contributed by atoms with van der Waals surface area (Å²) in [5.74, 6) is 0.555. The first-order valence-corrected chi connectivity index (χ1v) is 7.76. The largest absolute Gasteiger partial charge is 0.335 e. The monoisotopic (exact) mass is 272 g/mol. The Labute approximate surface area is 121 Å². The van der Waals surface area contributed by atoms with Gasteiger partial charge in [0.15, 0.2) is 0 Å². The van der Waals surface area contributed by atoms with E-state index in [2.05, 4.69) is 42.3 Å². The van der Waals surface area contributed by atoms with Gasteiger partial charge in [-0.25, -0.2) is 0 Å². The fourth-order valence-corrected chi connectivity index (χ4v) is 3.59. The normalized spacial score (nSPS) is 26.2. The number of hydrogen-bond acceptors (Lipinski definition) is 2.